The quantitative estimate of drug-likeness (QED) is 0.736. The molecule has 0 saturated heterocycles. The van der Waals surface area contributed by atoms with Gasteiger partial charge in [-0.25, -0.2) is 0 Å². The van der Waals surface area contributed by atoms with E-state index in [9.17, 15) is 8.78 Å². The SMILES string of the molecule is CCCNC(CC1CCCC1)c1ccccc1OC(F)F. The minimum absolute atomic E-state index is 0.1000. The van der Waals surface area contributed by atoms with Crippen LogP contribution < -0.4 is 10.1 Å². The summed E-state index contributed by atoms with van der Waals surface area (Å²) in [6.45, 7) is 0.228. The summed E-state index contributed by atoms with van der Waals surface area (Å²) in [4.78, 5) is 0. The largest absolute Gasteiger partial charge is 0.434 e. The molecule has 4 heteroatoms. The zero-order chi connectivity index (χ0) is 15.1. The molecule has 1 unspecified atom stereocenters. The van der Waals surface area contributed by atoms with Crippen molar-refractivity contribution in [1.82, 2.24) is 5.32 Å². The summed E-state index contributed by atoms with van der Waals surface area (Å²) < 4.78 is 29.9. The maximum Gasteiger partial charge on any atom is 0.387 e. The zero-order valence-corrected chi connectivity index (χ0v) is 12.7. The molecule has 2 rings (SSSR count). The van der Waals surface area contributed by atoms with E-state index in [4.69, 9.17) is 4.74 Å². The second-order valence-electron chi connectivity index (χ2n) is 5.81. The first kappa shape index (κ1) is 16.2. The number of halogens is 2. The van der Waals surface area contributed by atoms with Crippen LogP contribution in [0.15, 0.2) is 24.3 Å². The minimum atomic E-state index is -2.77. The summed E-state index contributed by atoms with van der Waals surface area (Å²) >= 11 is 0. The number of hydrogen-bond donors (Lipinski definition) is 1. The highest BCUT2D eigenvalue weighted by atomic mass is 19.3. The van der Waals surface area contributed by atoms with Gasteiger partial charge in [0.1, 0.15) is 5.75 Å². The molecule has 0 aromatic heterocycles. The third-order valence-electron chi connectivity index (χ3n) is 4.19. The van der Waals surface area contributed by atoms with Crippen LogP contribution in [0.1, 0.15) is 57.1 Å². The highest BCUT2D eigenvalue weighted by Crippen LogP contribution is 2.36. The van der Waals surface area contributed by atoms with Crippen LogP contribution in [0.25, 0.3) is 0 Å². The van der Waals surface area contributed by atoms with E-state index in [1.165, 1.54) is 25.7 Å². The van der Waals surface area contributed by atoms with Crippen LogP contribution in [0.3, 0.4) is 0 Å². The van der Waals surface area contributed by atoms with E-state index in [2.05, 4.69) is 12.2 Å². The maximum atomic E-state index is 12.6. The topological polar surface area (TPSA) is 21.3 Å². The molecule has 1 atom stereocenters. The third kappa shape index (κ3) is 4.95. The summed E-state index contributed by atoms with van der Waals surface area (Å²) in [7, 11) is 0. The van der Waals surface area contributed by atoms with Crippen molar-refractivity contribution in [2.45, 2.75) is 58.1 Å². The van der Waals surface area contributed by atoms with E-state index in [0.717, 1.165) is 24.9 Å². The second kappa shape index (κ2) is 8.32. The molecule has 2 nitrogen and oxygen atoms in total. The van der Waals surface area contributed by atoms with E-state index >= 15 is 0 Å². The molecule has 21 heavy (non-hydrogen) atoms. The number of ether oxygens (including phenoxy) is 1. The van der Waals surface area contributed by atoms with E-state index in [1.54, 1.807) is 12.1 Å². The van der Waals surface area contributed by atoms with Gasteiger partial charge in [0.05, 0.1) is 0 Å². The normalized spacial score (nSPS) is 17.3. The van der Waals surface area contributed by atoms with Crippen LogP contribution in [0, 0.1) is 5.92 Å². The van der Waals surface area contributed by atoms with Gasteiger partial charge in [0.2, 0.25) is 0 Å². The Morgan fingerprint density at radius 2 is 1.95 bits per heavy atom. The molecule has 0 heterocycles. The zero-order valence-electron chi connectivity index (χ0n) is 12.7. The predicted molar refractivity (Wildman–Crippen MR) is 80.7 cm³/mol. The molecule has 118 valence electrons. The van der Waals surface area contributed by atoms with E-state index in [0.29, 0.717) is 11.7 Å². The van der Waals surface area contributed by atoms with Crippen LogP contribution >= 0.6 is 0 Å². The van der Waals surface area contributed by atoms with Gasteiger partial charge < -0.3 is 10.1 Å². The molecule has 0 aliphatic heterocycles. The lowest BCUT2D eigenvalue weighted by Gasteiger charge is -2.24. The lowest BCUT2D eigenvalue weighted by atomic mass is 9.93. The average molecular weight is 297 g/mol. The Morgan fingerprint density at radius 3 is 2.62 bits per heavy atom. The Kier molecular flexibility index (Phi) is 6.43. The molecule has 1 N–H and O–H groups in total. The van der Waals surface area contributed by atoms with E-state index in [1.807, 2.05) is 12.1 Å². The van der Waals surface area contributed by atoms with Crippen molar-refractivity contribution >= 4 is 0 Å². The van der Waals surface area contributed by atoms with Crippen LogP contribution in [-0.4, -0.2) is 13.2 Å². The number of nitrogens with one attached hydrogen (secondary N) is 1. The number of rotatable bonds is 8. The average Bonchev–Trinajstić information content (AvgIpc) is 2.96. The van der Waals surface area contributed by atoms with Gasteiger partial charge in [-0.3, -0.25) is 0 Å². The lowest BCUT2D eigenvalue weighted by molar-refractivity contribution is -0.0507. The van der Waals surface area contributed by atoms with Crippen molar-refractivity contribution in [2.24, 2.45) is 5.92 Å². The van der Waals surface area contributed by atoms with Crippen molar-refractivity contribution in [1.29, 1.82) is 0 Å². The molecule has 1 aromatic carbocycles. The Labute approximate surface area is 125 Å². The summed E-state index contributed by atoms with van der Waals surface area (Å²) in [5.41, 5.74) is 0.859. The van der Waals surface area contributed by atoms with E-state index in [-0.39, 0.29) is 6.04 Å². The molecule has 1 fully saturated rings. The van der Waals surface area contributed by atoms with Gasteiger partial charge in [0.25, 0.3) is 0 Å². The summed E-state index contributed by atoms with van der Waals surface area (Å²) in [5, 5.41) is 3.50. The maximum absolute atomic E-state index is 12.6. The Morgan fingerprint density at radius 1 is 1.24 bits per heavy atom. The van der Waals surface area contributed by atoms with Crippen LogP contribution in [-0.2, 0) is 0 Å². The highest BCUT2D eigenvalue weighted by molar-refractivity contribution is 5.36. The van der Waals surface area contributed by atoms with Gasteiger partial charge in [-0.1, -0.05) is 50.8 Å². The first-order chi connectivity index (χ1) is 10.2. The molecule has 1 saturated carbocycles. The third-order valence-corrected chi connectivity index (χ3v) is 4.19. The molecular formula is C17H25F2NO. The Balaban J connectivity index is 2.13. The van der Waals surface area contributed by atoms with Gasteiger partial charge in [-0.15, -0.1) is 0 Å². The fourth-order valence-electron chi connectivity index (χ4n) is 3.19. The van der Waals surface area contributed by atoms with Gasteiger partial charge in [0.15, 0.2) is 0 Å². The molecule has 1 aliphatic carbocycles. The molecule has 0 spiro atoms. The van der Waals surface area contributed by atoms with Gasteiger partial charge in [-0.2, -0.15) is 8.78 Å². The van der Waals surface area contributed by atoms with Crippen molar-refractivity contribution in [2.75, 3.05) is 6.54 Å². The number of hydrogen-bond acceptors (Lipinski definition) is 2. The number of alkyl halides is 2. The predicted octanol–water partition coefficient (Wildman–Crippen LogP) is 4.91. The van der Waals surface area contributed by atoms with Gasteiger partial charge in [0, 0.05) is 11.6 Å². The molecule has 0 radical (unpaired) electrons. The highest BCUT2D eigenvalue weighted by Gasteiger charge is 2.23. The standard InChI is InChI=1S/C17H25F2NO/c1-2-11-20-15(12-13-7-3-4-8-13)14-9-5-6-10-16(14)21-17(18)19/h5-6,9-10,13,15,17,20H,2-4,7-8,11-12H2,1H3. The molecule has 0 bridgehead atoms. The van der Waals surface area contributed by atoms with Crippen molar-refractivity contribution < 1.29 is 13.5 Å². The molecule has 1 aliphatic rings. The van der Waals surface area contributed by atoms with Crippen molar-refractivity contribution in [3.05, 3.63) is 29.8 Å². The molecule has 0 amide bonds. The molecule has 1 aromatic rings. The first-order valence-electron chi connectivity index (χ1n) is 7.97. The van der Waals surface area contributed by atoms with Gasteiger partial charge >= 0.3 is 6.61 Å². The Hall–Kier alpha value is -1.16. The lowest BCUT2D eigenvalue weighted by Crippen LogP contribution is -2.25. The van der Waals surface area contributed by atoms with E-state index < -0.39 is 6.61 Å². The first-order valence-corrected chi connectivity index (χ1v) is 7.97. The van der Waals surface area contributed by atoms with Crippen molar-refractivity contribution in [3.8, 4) is 5.75 Å². The summed E-state index contributed by atoms with van der Waals surface area (Å²) in [6.07, 6.45) is 7.12. The van der Waals surface area contributed by atoms with Crippen LogP contribution in [0.4, 0.5) is 8.78 Å². The van der Waals surface area contributed by atoms with Crippen LogP contribution in [0.5, 0.6) is 5.75 Å². The smallest absolute Gasteiger partial charge is 0.387 e. The summed E-state index contributed by atoms with van der Waals surface area (Å²) in [6, 6.07) is 7.27. The second-order valence-corrected chi connectivity index (χ2v) is 5.81. The van der Waals surface area contributed by atoms with Crippen LogP contribution in [0.2, 0.25) is 0 Å². The monoisotopic (exact) mass is 297 g/mol. The minimum Gasteiger partial charge on any atom is -0.434 e. The number of para-hydroxylation sites is 1. The Bertz CT molecular complexity index is 419. The number of benzene rings is 1. The summed E-state index contributed by atoms with van der Waals surface area (Å²) in [5.74, 6) is 0.998. The van der Waals surface area contributed by atoms with Crippen molar-refractivity contribution in [3.63, 3.8) is 0 Å². The fraction of sp³-hybridized carbons (Fsp3) is 0.647. The van der Waals surface area contributed by atoms with Gasteiger partial charge in [-0.05, 0) is 31.4 Å². The fourth-order valence-corrected chi connectivity index (χ4v) is 3.19. The molecular weight excluding hydrogens is 272 g/mol.